The number of likely N-dealkylation sites (tertiary alicyclic amines) is 1. The molecule has 1 aliphatic heterocycles. The Morgan fingerprint density at radius 3 is 2.46 bits per heavy atom. The fraction of sp³-hybridized carbons (Fsp3) is 1.00. The van der Waals surface area contributed by atoms with Gasteiger partial charge in [-0.2, -0.15) is 0 Å². The van der Waals surface area contributed by atoms with E-state index in [2.05, 4.69) is 4.90 Å². The highest BCUT2D eigenvalue weighted by molar-refractivity contribution is 4.89. The average Bonchev–Trinajstić information content (AvgIpc) is 2.72. The number of nitrogens with zero attached hydrogens (tertiary/aromatic N) is 1. The van der Waals surface area contributed by atoms with Crippen molar-refractivity contribution in [1.82, 2.24) is 4.90 Å². The van der Waals surface area contributed by atoms with Crippen molar-refractivity contribution < 1.29 is 5.11 Å². The molecule has 1 unspecified atom stereocenters. The Balaban J connectivity index is 1.77. The van der Waals surface area contributed by atoms with Crippen LogP contribution < -0.4 is 0 Å². The number of aliphatic hydroxyl groups is 1. The number of hydrogen-bond acceptors (Lipinski definition) is 2. The molecular weight excluding hydrogens is 162 g/mol. The molecule has 1 saturated heterocycles. The molecule has 2 fully saturated rings. The molecule has 0 amide bonds. The highest BCUT2D eigenvalue weighted by atomic mass is 16.3. The van der Waals surface area contributed by atoms with E-state index in [-0.39, 0.29) is 0 Å². The lowest BCUT2D eigenvalue weighted by molar-refractivity contribution is 0.0425. The Labute approximate surface area is 80.9 Å². The van der Waals surface area contributed by atoms with Gasteiger partial charge in [0.05, 0.1) is 5.60 Å². The second kappa shape index (κ2) is 3.25. The zero-order valence-corrected chi connectivity index (χ0v) is 8.79. The monoisotopic (exact) mass is 183 g/mol. The second-order valence-corrected chi connectivity index (χ2v) is 5.43. The molecule has 13 heavy (non-hydrogen) atoms. The minimum absolute atomic E-state index is 0.515. The Morgan fingerprint density at radius 2 is 1.92 bits per heavy atom. The van der Waals surface area contributed by atoms with E-state index in [0.717, 1.165) is 18.4 Å². The highest BCUT2D eigenvalue weighted by Gasteiger charge is 2.36. The number of rotatable bonds is 3. The van der Waals surface area contributed by atoms with Gasteiger partial charge in [-0.25, -0.2) is 0 Å². The molecule has 0 bridgehead atoms. The summed E-state index contributed by atoms with van der Waals surface area (Å²) < 4.78 is 0. The molecule has 1 N–H and O–H groups in total. The molecule has 1 aliphatic carbocycles. The van der Waals surface area contributed by atoms with Crippen molar-refractivity contribution in [1.29, 1.82) is 0 Å². The maximum absolute atomic E-state index is 9.68. The first-order valence-electron chi connectivity index (χ1n) is 5.49. The molecule has 0 spiro atoms. The first-order valence-corrected chi connectivity index (χ1v) is 5.49. The molecule has 0 aromatic heterocycles. The predicted molar refractivity (Wildman–Crippen MR) is 53.6 cm³/mol. The minimum Gasteiger partial charge on any atom is -0.389 e. The van der Waals surface area contributed by atoms with Crippen molar-refractivity contribution in [2.45, 2.75) is 38.7 Å². The van der Waals surface area contributed by atoms with Crippen molar-refractivity contribution >= 4 is 0 Å². The standard InChI is InChI=1S/C11H21NO/c1-11(2,13)8-12-6-5-10(7-12)9-3-4-9/h9-10,13H,3-8H2,1-2H3. The molecular formula is C11H21NO. The summed E-state index contributed by atoms with van der Waals surface area (Å²) in [7, 11) is 0. The molecule has 1 heterocycles. The van der Waals surface area contributed by atoms with Crippen LogP contribution in [0.25, 0.3) is 0 Å². The highest BCUT2D eigenvalue weighted by Crippen LogP contribution is 2.41. The summed E-state index contributed by atoms with van der Waals surface area (Å²) in [6.07, 6.45) is 4.28. The summed E-state index contributed by atoms with van der Waals surface area (Å²) in [4.78, 5) is 2.42. The third-order valence-electron chi connectivity index (χ3n) is 3.21. The quantitative estimate of drug-likeness (QED) is 0.716. The molecule has 2 aliphatic rings. The van der Waals surface area contributed by atoms with Crippen LogP contribution in [0.5, 0.6) is 0 Å². The van der Waals surface area contributed by atoms with E-state index in [1.807, 2.05) is 13.8 Å². The molecule has 2 nitrogen and oxygen atoms in total. The molecule has 0 aromatic carbocycles. The average molecular weight is 183 g/mol. The Bertz CT molecular complexity index is 181. The van der Waals surface area contributed by atoms with Gasteiger partial charge in [0.25, 0.3) is 0 Å². The first-order chi connectivity index (χ1) is 6.04. The van der Waals surface area contributed by atoms with Crippen LogP contribution in [0, 0.1) is 11.8 Å². The van der Waals surface area contributed by atoms with Gasteiger partial charge in [-0.1, -0.05) is 0 Å². The summed E-state index contributed by atoms with van der Waals surface area (Å²) in [5.74, 6) is 1.98. The van der Waals surface area contributed by atoms with Crippen LogP contribution in [-0.2, 0) is 0 Å². The van der Waals surface area contributed by atoms with Gasteiger partial charge in [0.15, 0.2) is 0 Å². The van der Waals surface area contributed by atoms with Crippen LogP contribution >= 0.6 is 0 Å². The van der Waals surface area contributed by atoms with Gasteiger partial charge >= 0.3 is 0 Å². The summed E-state index contributed by atoms with van der Waals surface area (Å²) in [5.41, 5.74) is -0.515. The van der Waals surface area contributed by atoms with Gasteiger partial charge in [0.2, 0.25) is 0 Å². The maximum atomic E-state index is 9.68. The van der Waals surface area contributed by atoms with Gasteiger partial charge in [-0.05, 0) is 51.5 Å². The van der Waals surface area contributed by atoms with Crippen molar-refractivity contribution in [2.24, 2.45) is 11.8 Å². The Morgan fingerprint density at radius 1 is 1.23 bits per heavy atom. The fourth-order valence-corrected chi connectivity index (χ4v) is 2.51. The van der Waals surface area contributed by atoms with Crippen LogP contribution in [0.2, 0.25) is 0 Å². The van der Waals surface area contributed by atoms with Crippen LogP contribution in [0.15, 0.2) is 0 Å². The van der Waals surface area contributed by atoms with E-state index < -0.39 is 5.60 Å². The third-order valence-corrected chi connectivity index (χ3v) is 3.21. The van der Waals surface area contributed by atoms with E-state index in [1.165, 1.54) is 32.4 Å². The van der Waals surface area contributed by atoms with Gasteiger partial charge < -0.3 is 10.0 Å². The summed E-state index contributed by atoms with van der Waals surface area (Å²) in [6.45, 7) is 7.07. The van der Waals surface area contributed by atoms with Gasteiger partial charge in [0, 0.05) is 13.1 Å². The van der Waals surface area contributed by atoms with Crippen molar-refractivity contribution in [3.05, 3.63) is 0 Å². The maximum Gasteiger partial charge on any atom is 0.0718 e. The van der Waals surface area contributed by atoms with Crippen molar-refractivity contribution in [2.75, 3.05) is 19.6 Å². The van der Waals surface area contributed by atoms with E-state index in [1.54, 1.807) is 0 Å². The van der Waals surface area contributed by atoms with E-state index >= 15 is 0 Å². The summed E-state index contributed by atoms with van der Waals surface area (Å²) in [5, 5.41) is 9.68. The second-order valence-electron chi connectivity index (χ2n) is 5.43. The Hall–Kier alpha value is -0.0800. The Kier molecular flexibility index (Phi) is 2.37. The topological polar surface area (TPSA) is 23.5 Å². The lowest BCUT2D eigenvalue weighted by Gasteiger charge is -2.25. The molecule has 2 heteroatoms. The fourth-order valence-electron chi connectivity index (χ4n) is 2.51. The molecule has 1 saturated carbocycles. The van der Waals surface area contributed by atoms with Crippen molar-refractivity contribution in [3.8, 4) is 0 Å². The van der Waals surface area contributed by atoms with Gasteiger partial charge in [-0.15, -0.1) is 0 Å². The van der Waals surface area contributed by atoms with Crippen LogP contribution in [0.4, 0.5) is 0 Å². The first kappa shape index (κ1) is 9.47. The lowest BCUT2D eigenvalue weighted by Crippen LogP contribution is -2.37. The van der Waals surface area contributed by atoms with Gasteiger partial charge in [0.1, 0.15) is 0 Å². The largest absolute Gasteiger partial charge is 0.389 e. The smallest absolute Gasteiger partial charge is 0.0718 e. The molecule has 0 radical (unpaired) electrons. The number of β-amino-alcohol motifs (C(OH)–C–C–N with tert-alkyl or cyclic N) is 1. The molecule has 0 aromatic rings. The molecule has 1 atom stereocenters. The summed E-state index contributed by atoms with van der Waals surface area (Å²) in [6, 6.07) is 0. The van der Waals surface area contributed by atoms with Crippen LogP contribution in [-0.4, -0.2) is 35.2 Å². The van der Waals surface area contributed by atoms with E-state index in [0.29, 0.717) is 0 Å². The van der Waals surface area contributed by atoms with Crippen molar-refractivity contribution in [3.63, 3.8) is 0 Å². The minimum atomic E-state index is -0.515. The molecule has 76 valence electrons. The zero-order chi connectivity index (χ0) is 9.47. The SMILES string of the molecule is CC(C)(O)CN1CCC(C2CC2)C1. The zero-order valence-electron chi connectivity index (χ0n) is 8.79. The normalized spacial score (nSPS) is 31.2. The summed E-state index contributed by atoms with van der Waals surface area (Å²) >= 11 is 0. The van der Waals surface area contributed by atoms with Gasteiger partial charge in [-0.3, -0.25) is 0 Å². The lowest BCUT2D eigenvalue weighted by atomic mass is 10.0. The molecule has 2 rings (SSSR count). The van der Waals surface area contributed by atoms with E-state index in [4.69, 9.17) is 0 Å². The van der Waals surface area contributed by atoms with Crippen LogP contribution in [0.3, 0.4) is 0 Å². The van der Waals surface area contributed by atoms with Crippen LogP contribution in [0.1, 0.15) is 33.1 Å². The number of hydrogen-bond donors (Lipinski definition) is 1. The third kappa shape index (κ3) is 2.68. The van der Waals surface area contributed by atoms with E-state index in [9.17, 15) is 5.11 Å². The predicted octanol–water partition coefficient (Wildman–Crippen LogP) is 1.49.